The maximum atomic E-state index is 13.1. The highest BCUT2D eigenvalue weighted by molar-refractivity contribution is 6.00. The summed E-state index contributed by atoms with van der Waals surface area (Å²) in [5, 5.41) is 0. The van der Waals surface area contributed by atoms with Crippen LogP contribution in [0.1, 0.15) is 21.6 Å². The summed E-state index contributed by atoms with van der Waals surface area (Å²) < 4.78 is 5.43. The maximum Gasteiger partial charge on any atom is 0.189 e. The molecule has 4 N–H and O–H groups in total. The van der Waals surface area contributed by atoms with Crippen molar-refractivity contribution in [1.82, 2.24) is 15.0 Å². The summed E-state index contributed by atoms with van der Waals surface area (Å²) in [6.45, 7) is 3.36. The van der Waals surface area contributed by atoms with E-state index in [0.717, 1.165) is 35.5 Å². The topological polar surface area (TPSA) is 120 Å². The number of nitrogens with zero attached hydrogens (tertiary/aromatic N) is 4. The van der Waals surface area contributed by atoms with Crippen LogP contribution in [-0.2, 0) is 17.7 Å². The molecule has 2 aromatic heterocycles. The van der Waals surface area contributed by atoms with Crippen LogP contribution >= 0.6 is 0 Å². The summed E-state index contributed by atoms with van der Waals surface area (Å²) in [5.74, 6) is -0.0675. The van der Waals surface area contributed by atoms with Crippen molar-refractivity contribution in [2.45, 2.75) is 13.0 Å². The Kier molecular flexibility index (Phi) is 5.97. The number of anilines is 2. The molecule has 154 valence electrons. The second-order valence-electron chi connectivity index (χ2n) is 7.09. The fraction of sp³-hybridized carbons (Fsp3) is 0.273. The van der Waals surface area contributed by atoms with E-state index in [9.17, 15) is 4.79 Å². The molecule has 0 atom stereocenters. The van der Waals surface area contributed by atoms with Crippen molar-refractivity contribution in [3.05, 3.63) is 65.7 Å². The number of ketones is 1. The minimum atomic E-state index is -0.192. The van der Waals surface area contributed by atoms with Gasteiger partial charge in [0.05, 0.1) is 25.1 Å². The molecule has 8 nitrogen and oxygen atoms in total. The minimum absolute atomic E-state index is 0.124. The van der Waals surface area contributed by atoms with Gasteiger partial charge in [0.25, 0.3) is 0 Å². The van der Waals surface area contributed by atoms with Gasteiger partial charge in [0, 0.05) is 55.3 Å². The zero-order chi connectivity index (χ0) is 20.9. The van der Waals surface area contributed by atoms with E-state index < -0.39 is 0 Å². The van der Waals surface area contributed by atoms with Crippen LogP contribution in [0.4, 0.5) is 11.5 Å². The zero-order valence-electron chi connectivity index (χ0n) is 16.6. The van der Waals surface area contributed by atoms with Gasteiger partial charge in [0.1, 0.15) is 5.69 Å². The van der Waals surface area contributed by atoms with Crippen LogP contribution in [0.25, 0.3) is 11.3 Å². The lowest BCUT2D eigenvalue weighted by Gasteiger charge is -2.30. The summed E-state index contributed by atoms with van der Waals surface area (Å²) in [6.07, 6.45) is 5.18. The second-order valence-corrected chi connectivity index (χ2v) is 7.09. The molecule has 3 aromatic rings. The summed E-state index contributed by atoms with van der Waals surface area (Å²) in [5.41, 5.74) is 16.1. The number of pyridine rings is 1. The molecule has 3 heterocycles. The van der Waals surface area contributed by atoms with Crippen molar-refractivity contribution in [3.8, 4) is 11.3 Å². The first-order valence-electron chi connectivity index (χ1n) is 9.86. The molecule has 4 rings (SSSR count). The summed E-state index contributed by atoms with van der Waals surface area (Å²) in [6, 6.07) is 9.61. The summed E-state index contributed by atoms with van der Waals surface area (Å²) in [7, 11) is 0. The number of ether oxygens (including phenoxy) is 1. The lowest BCUT2D eigenvalue weighted by molar-refractivity contribution is 0.0988. The monoisotopic (exact) mass is 404 g/mol. The van der Waals surface area contributed by atoms with Gasteiger partial charge >= 0.3 is 0 Å². The molecule has 30 heavy (non-hydrogen) atoms. The highest BCUT2D eigenvalue weighted by Gasteiger charge is 2.20. The molecule has 1 aromatic carbocycles. The molecule has 0 saturated carbocycles. The Bertz CT molecular complexity index is 1030. The van der Waals surface area contributed by atoms with Gasteiger partial charge in [-0.15, -0.1) is 0 Å². The Hall–Kier alpha value is -3.36. The molecule has 0 radical (unpaired) electrons. The highest BCUT2D eigenvalue weighted by atomic mass is 16.5. The Morgan fingerprint density at radius 2 is 1.87 bits per heavy atom. The first kappa shape index (κ1) is 19.9. The predicted molar refractivity (Wildman–Crippen MR) is 115 cm³/mol. The molecule has 1 saturated heterocycles. The van der Waals surface area contributed by atoms with Gasteiger partial charge in [-0.1, -0.05) is 24.3 Å². The van der Waals surface area contributed by atoms with E-state index in [2.05, 4.69) is 19.9 Å². The van der Waals surface area contributed by atoms with Crippen molar-refractivity contribution in [1.29, 1.82) is 0 Å². The molecule has 8 heteroatoms. The van der Waals surface area contributed by atoms with Crippen LogP contribution in [0.3, 0.4) is 0 Å². The molecule has 0 amide bonds. The zero-order valence-corrected chi connectivity index (χ0v) is 16.6. The van der Waals surface area contributed by atoms with Gasteiger partial charge in [-0.25, -0.2) is 9.97 Å². The third-order valence-corrected chi connectivity index (χ3v) is 5.13. The lowest BCUT2D eigenvalue weighted by Crippen LogP contribution is -2.37. The Balaban J connectivity index is 1.59. The van der Waals surface area contributed by atoms with E-state index in [1.54, 1.807) is 18.6 Å². The summed E-state index contributed by atoms with van der Waals surface area (Å²) >= 11 is 0. The van der Waals surface area contributed by atoms with Gasteiger partial charge in [0.15, 0.2) is 11.6 Å². The normalized spacial score (nSPS) is 14.0. The third-order valence-electron chi connectivity index (χ3n) is 5.13. The largest absolute Gasteiger partial charge is 0.382 e. The Labute approximate surface area is 174 Å². The molecule has 1 aliphatic rings. The van der Waals surface area contributed by atoms with E-state index in [4.69, 9.17) is 16.2 Å². The van der Waals surface area contributed by atoms with Crippen molar-refractivity contribution in [3.63, 3.8) is 0 Å². The molecule has 1 aliphatic heterocycles. The van der Waals surface area contributed by atoms with Gasteiger partial charge in [-0.2, -0.15) is 0 Å². The van der Waals surface area contributed by atoms with E-state index >= 15 is 0 Å². The van der Waals surface area contributed by atoms with E-state index in [1.165, 1.54) is 0 Å². The smallest absolute Gasteiger partial charge is 0.189 e. The number of nitrogens with two attached hydrogens (primary N) is 2. The maximum absolute atomic E-state index is 13.1. The number of Topliss-reactive ketones (excluding diaryl/α,β-unsaturated/α-hetero) is 1. The Morgan fingerprint density at radius 1 is 1.10 bits per heavy atom. The Morgan fingerprint density at radius 3 is 2.60 bits per heavy atom. The van der Waals surface area contributed by atoms with E-state index in [-0.39, 0.29) is 23.7 Å². The number of hydrogen-bond acceptors (Lipinski definition) is 8. The number of aromatic nitrogens is 3. The average Bonchev–Trinajstić information content (AvgIpc) is 2.80. The number of morpholine rings is 1. The fourth-order valence-electron chi connectivity index (χ4n) is 3.48. The number of rotatable bonds is 6. The van der Waals surface area contributed by atoms with Crippen molar-refractivity contribution in [2.24, 2.45) is 5.73 Å². The van der Waals surface area contributed by atoms with Crippen LogP contribution in [0, 0.1) is 0 Å². The minimum Gasteiger partial charge on any atom is -0.382 e. The molecular formula is C22H24N6O2. The molecule has 1 fully saturated rings. The average molecular weight is 404 g/mol. The first-order valence-corrected chi connectivity index (χ1v) is 9.86. The standard InChI is InChI=1S/C22H24N6O2/c23-12-15-1-3-16(4-2-15)18-14-26-22(24)21(27-18)20(29)11-17-13-25-6-5-19(17)28-7-9-30-10-8-28/h1-6,13-14H,7-12,23H2,(H2,24,26). The fourth-order valence-corrected chi connectivity index (χ4v) is 3.48. The summed E-state index contributed by atoms with van der Waals surface area (Å²) in [4.78, 5) is 28.2. The van der Waals surface area contributed by atoms with Gasteiger partial charge in [-0.3, -0.25) is 9.78 Å². The van der Waals surface area contributed by atoms with Gasteiger partial charge in [0.2, 0.25) is 0 Å². The number of carbonyl (C=O) groups is 1. The van der Waals surface area contributed by atoms with Crippen LogP contribution < -0.4 is 16.4 Å². The quantitative estimate of drug-likeness (QED) is 0.597. The SMILES string of the molecule is NCc1ccc(-c2cnc(N)c(C(=O)Cc3cnccc3N3CCOCC3)n2)cc1. The van der Waals surface area contributed by atoms with Gasteiger partial charge < -0.3 is 21.1 Å². The molecular weight excluding hydrogens is 380 g/mol. The molecule has 0 aliphatic carbocycles. The van der Waals surface area contributed by atoms with E-state index in [0.29, 0.717) is 25.5 Å². The van der Waals surface area contributed by atoms with Crippen LogP contribution in [0.5, 0.6) is 0 Å². The first-order chi connectivity index (χ1) is 14.7. The number of carbonyl (C=O) groups excluding carboxylic acids is 1. The highest BCUT2D eigenvalue weighted by Crippen LogP contribution is 2.24. The second kappa shape index (κ2) is 8.98. The molecule has 0 unspecified atom stereocenters. The van der Waals surface area contributed by atoms with E-state index in [1.807, 2.05) is 30.3 Å². The number of nitrogen functional groups attached to an aromatic ring is 1. The lowest BCUT2D eigenvalue weighted by atomic mass is 10.0. The van der Waals surface area contributed by atoms with Crippen molar-refractivity contribution < 1.29 is 9.53 Å². The van der Waals surface area contributed by atoms with Crippen molar-refractivity contribution in [2.75, 3.05) is 36.9 Å². The molecule has 0 bridgehead atoms. The predicted octanol–water partition coefficient (Wildman–Crippen LogP) is 1.84. The third kappa shape index (κ3) is 4.29. The van der Waals surface area contributed by atoms with Crippen LogP contribution in [-0.4, -0.2) is 47.0 Å². The van der Waals surface area contributed by atoms with Crippen LogP contribution in [0.15, 0.2) is 48.9 Å². The molecule has 0 spiro atoms. The number of hydrogen-bond donors (Lipinski definition) is 2. The van der Waals surface area contributed by atoms with Gasteiger partial charge in [-0.05, 0) is 11.6 Å². The number of benzene rings is 1. The van der Waals surface area contributed by atoms with Crippen LogP contribution in [0.2, 0.25) is 0 Å². The van der Waals surface area contributed by atoms with Crippen molar-refractivity contribution >= 4 is 17.3 Å².